The van der Waals surface area contributed by atoms with Crippen molar-refractivity contribution in [2.45, 2.75) is 19.8 Å². The molecule has 0 aromatic carbocycles. The molecule has 1 rings (SSSR count). The van der Waals surface area contributed by atoms with Crippen LogP contribution in [-0.2, 0) is 9.59 Å². The van der Waals surface area contributed by atoms with Crippen molar-refractivity contribution in [3.05, 3.63) is 0 Å². The molecule has 11 heavy (non-hydrogen) atoms. The number of rotatable bonds is 1. The van der Waals surface area contributed by atoms with Crippen molar-refractivity contribution in [2.75, 3.05) is 6.54 Å². The van der Waals surface area contributed by atoms with Crippen LogP contribution >= 0.6 is 0 Å². The summed E-state index contributed by atoms with van der Waals surface area (Å²) in [6.07, 6.45) is 1.18. The minimum absolute atomic E-state index is 0.365. The molecule has 1 amide bonds. The summed E-state index contributed by atoms with van der Waals surface area (Å²) in [6.45, 7) is 2.06. The zero-order valence-corrected chi connectivity index (χ0v) is 6.39. The number of nitrogens with one attached hydrogen (secondary N) is 1. The fraction of sp³-hybridized carbons (Fsp3) is 0.714. The molecule has 0 aromatic heterocycles. The summed E-state index contributed by atoms with van der Waals surface area (Å²) >= 11 is 0. The van der Waals surface area contributed by atoms with Crippen molar-refractivity contribution in [1.29, 1.82) is 0 Å². The van der Waals surface area contributed by atoms with Gasteiger partial charge in [0, 0.05) is 6.54 Å². The van der Waals surface area contributed by atoms with Crippen LogP contribution in [0.5, 0.6) is 0 Å². The van der Waals surface area contributed by atoms with Gasteiger partial charge in [-0.3, -0.25) is 9.59 Å². The first-order valence-electron chi connectivity index (χ1n) is 3.59. The Morgan fingerprint density at radius 1 is 1.73 bits per heavy atom. The number of hydrogen-bond donors (Lipinski definition) is 2. The van der Waals surface area contributed by atoms with Crippen LogP contribution in [0.3, 0.4) is 0 Å². The SMILES string of the molecule is CC1(C(=O)O)CCCNC1=O. The number of carbonyl (C=O) groups excluding carboxylic acids is 1. The van der Waals surface area contributed by atoms with E-state index in [4.69, 9.17) is 5.11 Å². The van der Waals surface area contributed by atoms with Gasteiger partial charge in [-0.1, -0.05) is 0 Å². The maximum absolute atomic E-state index is 11.1. The van der Waals surface area contributed by atoms with Crippen LogP contribution in [0, 0.1) is 5.41 Å². The molecule has 1 fully saturated rings. The standard InChI is InChI=1S/C7H11NO3/c1-7(6(10)11)3-2-4-8-5(7)9/h2-4H2,1H3,(H,8,9)(H,10,11). The van der Waals surface area contributed by atoms with Crippen molar-refractivity contribution in [2.24, 2.45) is 5.41 Å². The number of piperidine rings is 1. The largest absolute Gasteiger partial charge is 0.480 e. The third-order valence-corrected chi connectivity index (χ3v) is 2.11. The quantitative estimate of drug-likeness (QED) is 0.526. The van der Waals surface area contributed by atoms with Crippen LogP contribution < -0.4 is 5.32 Å². The van der Waals surface area contributed by atoms with Crippen LogP contribution in [0.4, 0.5) is 0 Å². The van der Waals surface area contributed by atoms with Gasteiger partial charge >= 0.3 is 5.97 Å². The Bertz CT molecular complexity index is 202. The molecule has 0 radical (unpaired) electrons. The van der Waals surface area contributed by atoms with Crippen molar-refractivity contribution in [3.63, 3.8) is 0 Å². The molecule has 1 saturated heterocycles. The second kappa shape index (κ2) is 2.53. The lowest BCUT2D eigenvalue weighted by Gasteiger charge is -2.27. The Hall–Kier alpha value is -1.06. The number of hydrogen-bond acceptors (Lipinski definition) is 2. The summed E-state index contributed by atoms with van der Waals surface area (Å²) in [6, 6.07) is 0. The van der Waals surface area contributed by atoms with E-state index in [0.717, 1.165) is 6.42 Å². The fourth-order valence-corrected chi connectivity index (χ4v) is 1.16. The summed E-state index contributed by atoms with van der Waals surface area (Å²) in [5.41, 5.74) is -1.20. The molecule has 1 aliphatic rings. The molecule has 0 saturated carbocycles. The molecule has 1 atom stereocenters. The molecule has 1 heterocycles. The van der Waals surface area contributed by atoms with Crippen LogP contribution in [-0.4, -0.2) is 23.5 Å². The summed E-state index contributed by atoms with van der Waals surface area (Å²) in [7, 11) is 0. The van der Waals surface area contributed by atoms with E-state index in [2.05, 4.69) is 5.32 Å². The van der Waals surface area contributed by atoms with E-state index in [1.165, 1.54) is 6.92 Å². The number of carboxylic acid groups (broad SMARTS) is 1. The highest BCUT2D eigenvalue weighted by Gasteiger charge is 2.42. The van der Waals surface area contributed by atoms with Gasteiger partial charge in [0.05, 0.1) is 0 Å². The molecule has 4 nitrogen and oxygen atoms in total. The van der Waals surface area contributed by atoms with E-state index in [0.29, 0.717) is 13.0 Å². The highest BCUT2D eigenvalue weighted by Crippen LogP contribution is 2.26. The Morgan fingerprint density at radius 2 is 2.36 bits per heavy atom. The number of amides is 1. The van der Waals surface area contributed by atoms with E-state index in [-0.39, 0.29) is 5.91 Å². The van der Waals surface area contributed by atoms with E-state index in [1.54, 1.807) is 0 Å². The lowest BCUT2D eigenvalue weighted by atomic mass is 9.82. The minimum Gasteiger partial charge on any atom is -0.480 e. The van der Waals surface area contributed by atoms with Crippen LogP contribution in [0.15, 0.2) is 0 Å². The molecular formula is C7H11NO3. The molecular weight excluding hydrogens is 146 g/mol. The Kier molecular flexibility index (Phi) is 1.85. The molecule has 1 aliphatic heterocycles. The monoisotopic (exact) mass is 157 g/mol. The van der Waals surface area contributed by atoms with Crippen molar-refractivity contribution in [1.82, 2.24) is 5.32 Å². The summed E-state index contributed by atoms with van der Waals surface area (Å²) in [5.74, 6) is -1.40. The molecule has 0 aliphatic carbocycles. The Labute approximate surface area is 64.6 Å². The second-order valence-corrected chi connectivity index (χ2v) is 3.00. The van der Waals surface area contributed by atoms with Crippen LogP contribution in [0.25, 0.3) is 0 Å². The number of carbonyl (C=O) groups is 2. The van der Waals surface area contributed by atoms with Crippen molar-refractivity contribution < 1.29 is 14.7 Å². The zero-order chi connectivity index (χ0) is 8.48. The third kappa shape index (κ3) is 1.20. The van der Waals surface area contributed by atoms with Gasteiger partial charge in [-0.05, 0) is 19.8 Å². The first kappa shape index (κ1) is 8.04. The average Bonchev–Trinajstić information content (AvgIpc) is 1.95. The molecule has 1 unspecified atom stereocenters. The Balaban J connectivity index is 2.81. The minimum atomic E-state index is -1.20. The van der Waals surface area contributed by atoms with Crippen molar-refractivity contribution in [3.8, 4) is 0 Å². The van der Waals surface area contributed by atoms with Gasteiger partial charge in [0.2, 0.25) is 5.91 Å². The summed E-state index contributed by atoms with van der Waals surface area (Å²) < 4.78 is 0. The lowest BCUT2D eigenvalue weighted by molar-refractivity contribution is -0.156. The molecule has 62 valence electrons. The number of aliphatic carboxylic acids is 1. The molecule has 4 heteroatoms. The summed E-state index contributed by atoms with van der Waals surface area (Å²) in [5, 5.41) is 11.2. The molecule has 0 bridgehead atoms. The van der Waals surface area contributed by atoms with Gasteiger partial charge < -0.3 is 10.4 Å². The predicted octanol–water partition coefficient (Wildman–Crippen LogP) is -0.0127. The molecule has 0 aromatic rings. The lowest BCUT2D eigenvalue weighted by Crippen LogP contribution is -2.48. The maximum Gasteiger partial charge on any atom is 0.318 e. The number of carboxylic acids is 1. The van der Waals surface area contributed by atoms with Gasteiger partial charge in [-0.15, -0.1) is 0 Å². The highest BCUT2D eigenvalue weighted by molar-refractivity contribution is 6.01. The smallest absolute Gasteiger partial charge is 0.318 e. The topological polar surface area (TPSA) is 66.4 Å². The van der Waals surface area contributed by atoms with Crippen LogP contribution in [0.1, 0.15) is 19.8 Å². The summed E-state index contributed by atoms with van der Waals surface area (Å²) in [4.78, 5) is 21.7. The third-order valence-electron chi connectivity index (χ3n) is 2.11. The average molecular weight is 157 g/mol. The molecule has 2 N–H and O–H groups in total. The van der Waals surface area contributed by atoms with Gasteiger partial charge in [0.1, 0.15) is 5.41 Å². The van der Waals surface area contributed by atoms with Crippen molar-refractivity contribution >= 4 is 11.9 Å². The molecule has 0 spiro atoms. The maximum atomic E-state index is 11.1. The normalized spacial score (nSPS) is 31.2. The van der Waals surface area contributed by atoms with E-state index in [9.17, 15) is 9.59 Å². The van der Waals surface area contributed by atoms with Gasteiger partial charge in [-0.2, -0.15) is 0 Å². The van der Waals surface area contributed by atoms with Gasteiger partial charge in [0.25, 0.3) is 0 Å². The van der Waals surface area contributed by atoms with E-state index < -0.39 is 11.4 Å². The predicted molar refractivity (Wildman–Crippen MR) is 38.0 cm³/mol. The second-order valence-electron chi connectivity index (χ2n) is 3.00. The van der Waals surface area contributed by atoms with E-state index >= 15 is 0 Å². The van der Waals surface area contributed by atoms with Gasteiger partial charge in [-0.25, -0.2) is 0 Å². The van der Waals surface area contributed by atoms with Gasteiger partial charge in [0.15, 0.2) is 0 Å². The zero-order valence-electron chi connectivity index (χ0n) is 6.39. The first-order chi connectivity index (χ1) is 5.07. The van der Waals surface area contributed by atoms with Crippen LogP contribution in [0.2, 0.25) is 0 Å². The fourth-order valence-electron chi connectivity index (χ4n) is 1.16. The Morgan fingerprint density at radius 3 is 2.73 bits per heavy atom. The first-order valence-corrected chi connectivity index (χ1v) is 3.59. The highest BCUT2D eigenvalue weighted by atomic mass is 16.4. The van der Waals surface area contributed by atoms with E-state index in [1.807, 2.05) is 0 Å².